The molecule has 0 saturated heterocycles. The van der Waals surface area contributed by atoms with E-state index in [0.717, 1.165) is 17.1 Å². The molecule has 0 bridgehead atoms. The van der Waals surface area contributed by atoms with Crippen molar-refractivity contribution in [3.8, 4) is 0 Å². The first kappa shape index (κ1) is 7.28. The lowest BCUT2D eigenvalue weighted by Gasteiger charge is -1.98. The van der Waals surface area contributed by atoms with Gasteiger partial charge in [-0.1, -0.05) is 0 Å². The molecule has 1 heterocycles. The Kier molecular flexibility index (Phi) is 1.94. The van der Waals surface area contributed by atoms with Crippen molar-refractivity contribution in [2.24, 2.45) is 0 Å². The summed E-state index contributed by atoms with van der Waals surface area (Å²) in [5.74, 6) is 0. The average molecular weight is 187 g/mol. The molecule has 0 atom stereocenters. The summed E-state index contributed by atoms with van der Waals surface area (Å²) in [5.41, 5.74) is 8.51. The normalized spacial score (nSPS) is 14.3. The Balaban J connectivity index is 2.41. The fraction of sp³-hybridized carbons (Fsp3) is 0.143. The topological polar surface area (TPSA) is 24.1 Å². The minimum Gasteiger partial charge on any atom is -0.321 e. The Morgan fingerprint density at radius 2 is 2.36 bits per heavy atom. The highest BCUT2D eigenvalue weighted by atomic mass is 35.7. The van der Waals surface area contributed by atoms with Crippen LogP contribution in [0.2, 0.25) is 0 Å². The quantitative estimate of drug-likeness (QED) is 0.704. The van der Waals surface area contributed by atoms with E-state index in [1.54, 1.807) is 0 Å². The van der Waals surface area contributed by atoms with Gasteiger partial charge in [0.15, 0.2) is 0 Å². The van der Waals surface area contributed by atoms with E-state index >= 15 is 0 Å². The zero-order chi connectivity index (χ0) is 7.68. The predicted octanol–water partition coefficient (Wildman–Crippen LogP) is 2.36. The Morgan fingerprint density at radius 3 is 3.18 bits per heavy atom. The largest absolute Gasteiger partial charge is 0.321 e. The van der Waals surface area contributed by atoms with E-state index in [4.69, 9.17) is 10.7 Å². The van der Waals surface area contributed by atoms with Gasteiger partial charge in [0.25, 0.3) is 0 Å². The zero-order valence-corrected chi connectivity index (χ0v) is 7.30. The minimum absolute atomic E-state index is 0.876. The number of hydrogen-bond donors (Lipinski definition) is 2. The lowest BCUT2D eigenvalue weighted by atomic mass is 10.2. The van der Waals surface area contributed by atoms with Crippen LogP contribution in [-0.4, -0.2) is 0 Å². The van der Waals surface area contributed by atoms with Crippen LogP contribution in [0.3, 0.4) is 0 Å². The maximum atomic E-state index is 5.60. The molecular weight excluding hydrogens is 180 g/mol. The third-order valence-corrected chi connectivity index (χ3v) is 2.63. The standard InChI is InChI=1S/C7H7ClN2S/c8-11-6-1-2-7-5(3-6)4-9-10-7/h1-3,9-10H,4H2. The lowest BCUT2D eigenvalue weighted by Crippen LogP contribution is -2.10. The van der Waals surface area contributed by atoms with E-state index in [1.165, 1.54) is 16.5 Å². The van der Waals surface area contributed by atoms with Gasteiger partial charge in [-0.05, 0) is 45.4 Å². The number of hydrazine groups is 1. The fourth-order valence-electron chi connectivity index (χ4n) is 1.12. The molecule has 1 aromatic carbocycles. The van der Waals surface area contributed by atoms with E-state index in [0.29, 0.717) is 0 Å². The highest BCUT2D eigenvalue weighted by Crippen LogP contribution is 2.28. The van der Waals surface area contributed by atoms with Crippen LogP contribution in [0, 0.1) is 0 Å². The molecule has 0 amide bonds. The molecule has 2 rings (SSSR count). The first-order valence-corrected chi connectivity index (χ1v) is 4.95. The van der Waals surface area contributed by atoms with Crippen LogP contribution in [0.15, 0.2) is 23.1 Å². The number of benzene rings is 1. The maximum Gasteiger partial charge on any atom is 0.0534 e. The van der Waals surface area contributed by atoms with Crippen molar-refractivity contribution in [3.63, 3.8) is 0 Å². The van der Waals surface area contributed by atoms with Gasteiger partial charge in [0, 0.05) is 11.4 Å². The Morgan fingerprint density at radius 1 is 1.45 bits per heavy atom. The second-order valence-corrected chi connectivity index (χ2v) is 3.46. The van der Waals surface area contributed by atoms with Gasteiger partial charge < -0.3 is 5.43 Å². The summed E-state index contributed by atoms with van der Waals surface area (Å²) in [6.07, 6.45) is 0. The van der Waals surface area contributed by atoms with Crippen LogP contribution in [-0.2, 0) is 6.54 Å². The van der Waals surface area contributed by atoms with Crippen LogP contribution in [0.4, 0.5) is 5.69 Å². The zero-order valence-electron chi connectivity index (χ0n) is 5.73. The van der Waals surface area contributed by atoms with E-state index in [2.05, 4.69) is 16.9 Å². The molecule has 1 aliphatic rings. The van der Waals surface area contributed by atoms with E-state index in [1.807, 2.05) is 12.1 Å². The second-order valence-electron chi connectivity index (χ2n) is 2.37. The van der Waals surface area contributed by atoms with Gasteiger partial charge in [-0.2, -0.15) is 0 Å². The van der Waals surface area contributed by atoms with E-state index in [-0.39, 0.29) is 0 Å². The van der Waals surface area contributed by atoms with Gasteiger partial charge >= 0.3 is 0 Å². The number of nitrogens with one attached hydrogen (secondary N) is 2. The molecule has 2 nitrogen and oxygen atoms in total. The van der Waals surface area contributed by atoms with E-state index < -0.39 is 0 Å². The van der Waals surface area contributed by atoms with Crippen LogP contribution in [0.1, 0.15) is 5.56 Å². The average Bonchev–Trinajstić information content (AvgIpc) is 2.50. The summed E-state index contributed by atoms with van der Waals surface area (Å²) < 4.78 is 0. The van der Waals surface area contributed by atoms with Crippen molar-refractivity contribution in [3.05, 3.63) is 23.8 Å². The van der Waals surface area contributed by atoms with Gasteiger partial charge in [0.1, 0.15) is 0 Å². The van der Waals surface area contributed by atoms with Crippen molar-refractivity contribution >= 4 is 27.3 Å². The molecule has 0 aromatic heterocycles. The van der Waals surface area contributed by atoms with Crippen molar-refractivity contribution in [1.82, 2.24) is 5.43 Å². The molecular formula is C7H7ClN2S. The molecule has 1 aromatic rings. The smallest absolute Gasteiger partial charge is 0.0534 e. The van der Waals surface area contributed by atoms with Crippen molar-refractivity contribution in [1.29, 1.82) is 0 Å². The SMILES string of the molecule is ClSc1ccc2c(c1)CNN2. The highest BCUT2D eigenvalue weighted by molar-refractivity contribution is 8.21. The molecule has 11 heavy (non-hydrogen) atoms. The van der Waals surface area contributed by atoms with Gasteiger partial charge in [-0.15, -0.1) is 0 Å². The van der Waals surface area contributed by atoms with Crippen LogP contribution < -0.4 is 10.9 Å². The number of anilines is 1. The Bertz CT molecular complexity index is 277. The summed E-state index contributed by atoms with van der Waals surface area (Å²) >= 11 is 0. The number of rotatable bonds is 1. The number of fused-ring (bicyclic) bond motifs is 1. The Hall–Kier alpha value is -0.380. The summed E-state index contributed by atoms with van der Waals surface area (Å²) in [6.45, 7) is 0.876. The predicted molar refractivity (Wildman–Crippen MR) is 48.6 cm³/mol. The Labute approximate surface area is 73.8 Å². The third kappa shape index (κ3) is 1.31. The van der Waals surface area contributed by atoms with Gasteiger partial charge in [-0.25, -0.2) is 5.43 Å². The molecule has 0 saturated carbocycles. The summed E-state index contributed by atoms with van der Waals surface area (Å²) in [6, 6.07) is 6.11. The fourth-order valence-corrected chi connectivity index (χ4v) is 1.72. The van der Waals surface area contributed by atoms with Crippen LogP contribution in [0.25, 0.3) is 0 Å². The molecule has 0 fully saturated rings. The molecule has 0 radical (unpaired) electrons. The second kappa shape index (κ2) is 2.93. The first-order valence-electron chi connectivity index (χ1n) is 3.30. The van der Waals surface area contributed by atoms with Gasteiger partial charge in [0.05, 0.1) is 5.69 Å². The molecule has 58 valence electrons. The number of halogens is 1. The maximum absolute atomic E-state index is 5.60. The molecule has 1 aliphatic heterocycles. The van der Waals surface area contributed by atoms with Gasteiger partial charge in [-0.3, -0.25) is 0 Å². The summed E-state index contributed by atoms with van der Waals surface area (Å²) in [7, 11) is 6.86. The first-order chi connectivity index (χ1) is 5.40. The highest BCUT2D eigenvalue weighted by Gasteiger charge is 2.08. The molecule has 0 aliphatic carbocycles. The van der Waals surface area contributed by atoms with Crippen molar-refractivity contribution in [2.75, 3.05) is 5.43 Å². The van der Waals surface area contributed by atoms with Crippen molar-refractivity contribution < 1.29 is 0 Å². The van der Waals surface area contributed by atoms with Crippen LogP contribution in [0.5, 0.6) is 0 Å². The summed E-state index contributed by atoms with van der Waals surface area (Å²) in [4.78, 5) is 1.09. The van der Waals surface area contributed by atoms with Crippen LogP contribution >= 0.6 is 21.7 Å². The molecule has 4 heteroatoms. The van der Waals surface area contributed by atoms with Gasteiger partial charge in [0.2, 0.25) is 0 Å². The lowest BCUT2D eigenvalue weighted by molar-refractivity contribution is 0.859. The minimum atomic E-state index is 0.876. The van der Waals surface area contributed by atoms with E-state index in [9.17, 15) is 0 Å². The molecule has 2 N–H and O–H groups in total. The monoisotopic (exact) mass is 186 g/mol. The summed E-state index contributed by atoms with van der Waals surface area (Å²) in [5, 5.41) is 0. The van der Waals surface area contributed by atoms with Crippen molar-refractivity contribution in [2.45, 2.75) is 11.4 Å². The molecule has 0 unspecified atom stereocenters. The number of hydrogen-bond acceptors (Lipinski definition) is 3. The third-order valence-electron chi connectivity index (χ3n) is 1.67. The molecule has 0 spiro atoms.